The number of aromatic nitrogens is 3. The van der Waals surface area contributed by atoms with Crippen molar-refractivity contribution in [2.75, 3.05) is 6.54 Å². The van der Waals surface area contributed by atoms with Crippen LogP contribution in [-0.2, 0) is 0 Å². The third-order valence-corrected chi connectivity index (χ3v) is 3.11. The summed E-state index contributed by atoms with van der Waals surface area (Å²) in [5.74, 6) is 0.853. The molecule has 1 atom stereocenters. The van der Waals surface area contributed by atoms with Crippen LogP contribution in [0.3, 0.4) is 0 Å². The Bertz CT molecular complexity index is 646. The van der Waals surface area contributed by atoms with E-state index < -0.39 is 0 Å². The summed E-state index contributed by atoms with van der Waals surface area (Å²) >= 11 is 0. The Morgan fingerprint density at radius 2 is 2.05 bits per heavy atom. The van der Waals surface area contributed by atoms with E-state index in [2.05, 4.69) is 22.6 Å². The summed E-state index contributed by atoms with van der Waals surface area (Å²) < 4.78 is 7.36. The molecule has 5 heteroatoms. The second-order valence-corrected chi connectivity index (χ2v) is 4.41. The molecular formula is C15H16N4O. The number of hydrogen-bond acceptors (Lipinski definition) is 4. The van der Waals surface area contributed by atoms with Gasteiger partial charge < -0.3 is 9.73 Å². The van der Waals surface area contributed by atoms with Crippen LogP contribution >= 0.6 is 0 Å². The largest absolute Gasteiger partial charge is 0.467 e. The molecule has 0 fully saturated rings. The lowest BCUT2D eigenvalue weighted by atomic mass is 10.1. The molecule has 1 aromatic carbocycles. The Morgan fingerprint density at radius 1 is 1.20 bits per heavy atom. The van der Waals surface area contributed by atoms with E-state index in [-0.39, 0.29) is 6.04 Å². The fraction of sp³-hybridized carbons (Fsp3) is 0.200. The lowest BCUT2D eigenvalue weighted by molar-refractivity contribution is 0.442. The van der Waals surface area contributed by atoms with E-state index in [0.29, 0.717) is 0 Å². The monoisotopic (exact) mass is 268 g/mol. The van der Waals surface area contributed by atoms with Crippen LogP contribution in [0, 0.1) is 0 Å². The van der Waals surface area contributed by atoms with Gasteiger partial charge >= 0.3 is 0 Å². The van der Waals surface area contributed by atoms with Crippen molar-refractivity contribution in [2.24, 2.45) is 0 Å². The molecule has 0 amide bonds. The van der Waals surface area contributed by atoms with Crippen molar-refractivity contribution >= 4 is 0 Å². The standard InChI is InChI=1S/C15H16N4O/c1-2-16-15(14-9-6-10-20-14)13-11-17-18-19(13)12-7-4-3-5-8-12/h3-11,15-16H,2H2,1H3. The van der Waals surface area contributed by atoms with Gasteiger partial charge in [-0.3, -0.25) is 0 Å². The van der Waals surface area contributed by atoms with Gasteiger partial charge in [0.05, 0.1) is 23.8 Å². The summed E-state index contributed by atoms with van der Waals surface area (Å²) in [7, 11) is 0. The molecule has 3 rings (SSSR count). The number of nitrogens with one attached hydrogen (secondary N) is 1. The maximum atomic E-state index is 5.53. The normalized spacial score (nSPS) is 12.4. The van der Waals surface area contributed by atoms with Crippen molar-refractivity contribution in [2.45, 2.75) is 13.0 Å². The number of furan rings is 1. The quantitative estimate of drug-likeness (QED) is 0.772. The van der Waals surface area contributed by atoms with E-state index in [1.807, 2.05) is 47.1 Å². The Kier molecular flexibility index (Phi) is 3.60. The first-order chi connectivity index (χ1) is 9.90. The summed E-state index contributed by atoms with van der Waals surface area (Å²) in [5.41, 5.74) is 1.93. The highest BCUT2D eigenvalue weighted by molar-refractivity contribution is 5.33. The van der Waals surface area contributed by atoms with Gasteiger partial charge in [0, 0.05) is 0 Å². The minimum absolute atomic E-state index is 0.0646. The molecule has 5 nitrogen and oxygen atoms in total. The predicted molar refractivity (Wildman–Crippen MR) is 75.6 cm³/mol. The molecule has 1 N–H and O–H groups in total. The van der Waals surface area contributed by atoms with Crippen LogP contribution in [0.15, 0.2) is 59.3 Å². The van der Waals surface area contributed by atoms with Crippen molar-refractivity contribution in [3.8, 4) is 5.69 Å². The van der Waals surface area contributed by atoms with E-state index in [1.165, 1.54) is 0 Å². The van der Waals surface area contributed by atoms with E-state index in [1.54, 1.807) is 12.5 Å². The number of hydrogen-bond donors (Lipinski definition) is 1. The smallest absolute Gasteiger partial charge is 0.126 e. The van der Waals surface area contributed by atoms with Gasteiger partial charge in [-0.2, -0.15) is 0 Å². The van der Waals surface area contributed by atoms with E-state index >= 15 is 0 Å². The van der Waals surface area contributed by atoms with Crippen LogP contribution in [0.1, 0.15) is 24.4 Å². The summed E-state index contributed by atoms with van der Waals surface area (Å²) in [5, 5.41) is 11.6. The molecule has 0 saturated carbocycles. The van der Waals surface area contributed by atoms with Gasteiger partial charge in [0.1, 0.15) is 11.8 Å². The highest BCUT2D eigenvalue weighted by atomic mass is 16.3. The summed E-state index contributed by atoms with van der Waals surface area (Å²) in [6.45, 7) is 2.89. The number of benzene rings is 1. The highest BCUT2D eigenvalue weighted by Crippen LogP contribution is 2.23. The zero-order valence-corrected chi connectivity index (χ0v) is 11.2. The molecule has 3 aromatic rings. The molecule has 102 valence electrons. The molecular weight excluding hydrogens is 252 g/mol. The zero-order chi connectivity index (χ0) is 13.8. The molecule has 0 spiro atoms. The van der Waals surface area contributed by atoms with Gasteiger partial charge in [0.2, 0.25) is 0 Å². The van der Waals surface area contributed by atoms with Crippen molar-refractivity contribution < 1.29 is 4.42 Å². The number of nitrogens with zero attached hydrogens (tertiary/aromatic N) is 3. The molecule has 0 saturated heterocycles. The molecule has 0 aliphatic heterocycles. The fourth-order valence-electron chi connectivity index (χ4n) is 2.22. The van der Waals surface area contributed by atoms with Crippen LogP contribution in [0.2, 0.25) is 0 Å². The van der Waals surface area contributed by atoms with Crippen LogP contribution < -0.4 is 5.32 Å². The summed E-state index contributed by atoms with van der Waals surface area (Å²) in [4.78, 5) is 0. The SMILES string of the molecule is CCNC(c1ccco1)c1cnnn1-c1ccccc1. The van der Waals surface area contributed by atoms with Gasteiger partial charge in [0.25, 0.3) is 0 Å². The molecule has 0 bridgehead atoms. The Labute approximate surface area is 117 Å². The Hall–Kier alpha value is -2.40. The fourth-order valence-corrected chi connectivity index (χ4v) is 2.22. The molecule has 0 aliphatic carbocycles. The van der Waals surface area contributed by atoms with Gasteiger partial charge in [-0.1, -0.05) is 30.3 Å². The van der Waals surface area contributed by atoms with E-state index in [0.717, 1.165) is 23.7 Å². The van der Waals surface area contributed by atoms with Crippen molar-refractivity contribution in [3.05, 3.63) is 66.4 Å². The lowest BCUT2D eigenvalue weighted by Crippen LogP contribution is -2.24. The van der Waals surface area contributed by atoms with Crippen molar-refractivity contribution in [3.63, 3.8) is 0 Å². The lowest BCUT2D eigenvalue weighted by Gasteiger charge is -2.16. The Balaban J connectivity index is 2.03. The zero-order valence-electron chi connectivity index (χ0n) is 11.2. The summed E-state index contributed by atoms with van der Waals surface area (Å²) in [6.07, 6.45) is 3.44. The van der Waals surface area contributed by atoms with Crippen LogP contribution in [0.5, 0.6) is 0 Å². The van der Waals surface area contributed by atoms with Gasteiger partial charge in [-0.25, -0.2) is 4.68 Å². The average Bonchev–Trinajstić information content (AvgIpc) is 3.17. The maximum Gasteiger partial charge on any atom is 0.126 e. The minimum atomic E-state index is -0.0646. The first-order valence-corrected chi connectivity index (χ1v) is 6.63. The number of para-hydroxylation sites is 1. The van der Waals surface area contributed by atoms with Crippen molar-refractivity contribution in [1.29, 1.82) is 0 Å². The number of rotatable bonds is 5. The molecule has 2 heterocycles. The maximum absolute atomic E-state index is 5.53. The van der Waals surface area contributed by atoms with Gasteiger partial charge in [-0.15, -0.1) is 5.10 Å². The van der Waals surface area contributed by atoms with E-state index in [4.69, 9.17) is 4.42 Å². The predicted octanol–water partition coefficient (Wildman–Crippen LogP) is 2.56. The van der Waals surface area contributed by atoms with E-state index in [9.17, 15) is 0 Å². The Morgan fingerprint density at radius 3 is 2.75 bits per heavy atom. The second-order valence-electron chi connectivity index (χ2n) is 4.41. The van der Waals surface area contributed by atoms with Crippen LogP contribution in [0.25, 0.3) is 5.69 Å². The molecule has 2 aromatic heterocycles. The third kappa shape index (κ3) is 2.35. The van der Waals surface area contributed by atoms with Gasteiger partial charge in [-0.05, 0) is 30.8 Å². The first-order valence-electron chi connectivity index (χ1n) is 6.63. The average molecular weight is 268 g/mol. The third-order valence-electron chi connectivity index (χ3n) is 3.11. The second kappa shape index (κ2) is 5.71. The highest BCUT2D eigenvalue weighted by Gasteiger charge is 2.21. The minimum Gasteiger partial charge on any atom is -0.467 e. The van der Waals surface area contributed by atoms with Gasteiger partial charge in [0.15, 0.2) is 0 Å². The summed E-state index contributed by atoms with van der Waals surface area (Å²) in [6, 6.07) is 13.7. The topological polar surface area (TPSA) is 55.9 Å². The molecule has 0 radical (unpaired) electrons. The molecule has 0 aliphatic rings. The van der Waals surface area contributed by atoms with Crippen LogP contribution in [-0.4, -0.2) is 21.5 Å². The first kappa shape index (κ1) is 12.6. The van der Waals surface area contributed by atoms with Crippen LogP contribution in [0.4, 0.5) is 0 Å². The van der Waals surface area contributed by atoms with Crippen molar-refractivity contribution in [1.82, 2.24) is 20.3 Å². The molecule has 1 unspecified atom stereocenters. The molecule has 20 heavy (non-hydrogen) atoms.